The number of furan rings is 1. The molecule has 6 heteroatoms. The van der Waals surface area contributed by atoms with Gasteiger partial charge in [-0.05, 0) is 43.2 Å². The van der Waals surface area contributed by atoms with E-state index >= 15 is 4.39 Å². The number of para-hydroxylation sites is 1. The van der Waals surface area contributed by atoms with Crippen molar-refractivity contribution in [2.75, 3.05) is 6.61 Å². The zero-order chi connectivity index (χ0) is 23.4. The summed E-state index contributed by atoms with van der Waals surface area (Å²) in [6, 6.07) is 16.4. The molecule has 33 heavy (non-hydrogen) atoms. The lowest BCUT2D eigenvalue weighted by molar-refractivity contribution is -0.142. The third-order valence-corrected chi connectivity index (χ3v) is 5.52. The second kappa shape index (κ2) is 9.88. The molecular weight excluding hydrogens is 421 g/mol. The number of aryl methyl sites for hydroxylation is 1. The number of halogens is 1. The average molecular weight is 448 g/mol. The van der Waals surface area contributed by atoms with Gasteiger partial charge >= 0.3 is 5.97 Å². The molecule has 5 nitrogen and oxygen atoms in total. The summed E-state index contributed by atoms with van der Waals surface area (Å²) < 4.78 is 32.0. The van der Waals surface area contributed by atoms with E-state index in [-0.39, 0.29) is 31.4 Å². The maximum absolute atomic E-state index is 15.1. The van der Waals surface area contributed by atoms with Gasteiger partial charge in [-0.25, -0.2) is 4.39 Å². The van der Waals surface area contributed by atoms with Gasteiger partial charge < -0.3 is 19.6 Å². The number of ether oxygens (including phenoxy) is 2. The molecule has 0 aliphatic heterocycles. The van der Waals surface area contributed by atoms with Crippen LogP contribution in [0.2, 0.25) is 0 Å². The van der Waals surface area contributed by atoms with E-state index in [2.05, 4.69) is 0 Å². The third kappa shape index (κ3) is 4.76. The lowest BCUT2D eigenvalue weighted by Crippen LogP contribution is -2.09. The van der Waals surface area contributed by atoms with Gasteiger partial charge in [-0.3, -0.25) is 4.79 Å². The summed E-state index contributed by atoms with van der Waals surface area (Å²) in [5.74, 6) is -0.0535. The Morgan fingerprint density at radius 1 is 1.06 bits per heavy atom. The van der Waals surface area contributed by atoms with Crippen molar-refractivity contribution >= 4 is 16.9 Å². The summed E-state index contributed by atoms with van der Waals surface area (Å²) in [6.07, 6.45) is 1.80. The summed E-state index contributed by atoms with van der Waals surface area (Å²) in [7, 11) is 0. The summed E-state index contributed by atoms with van der Waals surface area (Å²) in [4.78, 5) is 11.9. The van der Waals surface area contributed by atoms with Crippen molar-refractivity contribution in [2.45, 2.75) is 33.4 Å². The molecule has 4 aromatic rings. The molecule has 0 radical (unpaired) electrons. The molecule has 1 aromatic heterocycles. The van der Waals surface area contributed by atoms with Crippen LogP contribution in [0.1, 0.15) is 29.2 Å². The van der Waals surface area contributed by atoms with Crippen molar-refractivity contribution in [1.29, 1.82) is 0 Å². The number of benzene rings is 3. The van der Waals surface area contributed by atoms with Crippen LogP contribution < -0.4 is 10.5 Å². The molecule has 0 bridgehead atoms. The van der Waals surface area contributed by atoms with E-state index in [1.807, 2.05) is 43.3 Å². The Labute approximate surface area is 191 Å². The molecule has 0 aliphatic rings. The van der Waals surface area contributed by atoms with Gasteiger partial charge in [0.15, 0.2) is 0 Å². The van der Waals surface area contributed by atoms with Crippen molar-refractivity contribution in [3.05, 3.63) is 88.9 Å². The predicted octanol–water partition coefficient (Wildman–Crippen LogP) is 5.69. The highest BCUT2D eigenvalue weighted by Crippen LogP contribution is 2.35. The van der Waals surface area contributed by atoms with Gasteiger partial charge in [0.2, 0.25) is 0 Å². The Hall–Kier alpha value is -3.64. The van der Waals surface area contributed by atoms with Gasteiger partial charge in [0.1, 0.15) is 23.8 Å². The van der Waals surface area contributed by atoms with E-state index in [1.54, 1.807) is 31.4 Å². The van der Waals surface area contributed by atoms with Gasteiger partial charge in [0, 0.05) is 34.2 Å². The second-order valence-corrected chi connectivity index (χ2v) is 7.80. The molecule has 0 fully saturated rings. The van der Waals surface area contributed by atoms with Crippen molar-refractivity contribution in [1.82, 2.24) is 0 Å². The highest BCUT2D eigenvalue weighted by Gasteiger charge is 2.17. The summed E-state index contributed by atoms with van der Waals surface area (Å²) in [5.41, 5.74) is 10.4. The van der Waals surface area contributed by atoms with E-state index < -0.39 is 0 Å². The normalized spacial score (nSPS) is 11.0. The number of carbonyl (C=O) groups excluding carboxylic acids is 1. The Morgan fingerprint density at radius 2 is 1.85 bits per heavy atom. The SMILES string of the molecule is CCOC(=O)Cc1ccccc1OCc1cc(-c2cccc(CN)c2F)c2occ(C)c2c1. The van der Waals surface area contributed by atoms with E-state index in [4.69, 9.17) is 19.6 Å². The maximum atomic E-state index is 15.1. The molecule has 0 spiro atoms. The van der Waals surface area contributed by atoms with Crippen LogP contribution >= 0.6 is 0 Å². The van der Waals surface area contributed by atoms with Crippen LogP contribution in [0.5, 0.6) is 5.75 Å². The first kappa shape index (κ1) is 22.6. The Morgan fingerprint density at radius 3 is 2.64 bits per heavy atom. The molecule has 0 saturated heterocycles. The van der Waals surface area contributed by atoms with Gasteiger partial charge in [-0.15, -0.1) is 0 Å². The van der Waals surface area contributed by atoms with Crippen LogP contribution in [0.15, 0.2) is 65.3 Å². The first-order valence-electron chi connectivity index (χ1n) is 10.9. The zero-order valence-electron chi connectivity index (χ0n) is 18.7. The monoisotopic (exact) mass is 447 g/mol. The van der Waals surface area contributed by atoms with E-state index in [0.29, 0.717) is 34.6 Å². The average Bonchev–Trinajstić information content (AvgIpc) is 3.19. The highest BCUT2D eigenvalue weighted by atomic mass is 19.1. The third-order valence-electron chi connectivity index (χ3n) is 5.52. The molecule has 4 rings (SSSR count). The van der Waals surface area contributed by atoms with Crippen LogP contribution in [-0.4, -0.2) is 12.6 Å². The highest BCUT2D eigenvalue weighted by molar-refractivity contribution is 5.95. The smallest absolute Gasteiger partial charge is 0.310 e. The Bertz CT molecular complexity index is 1290. The number of esters is 1. The molecule has 0 atom stereocenters. The molecule has 0 saturated carbocycles. The largest absolute Gasteiger partial charge is 0.489 e. The number of nitrogens with two attached hydrogens (primary N) is 1. The van der Waals surface area contributed by atoms with E-state index in [9.17, 15) is 4.79 Å². The van der Waals surface area contributed by atoms with Gasteiger partial charge in [-0.2, -0.15) is 0 Å². The summed E-state index contributed by atoms with van der Waals surface area (Å²) >= 11 is 0. The first-order chi connectivity index (χ1) is 16.0. The number of rotatable bonds is 8. The van der Waals surface area contributed by atoms with E-state index in [0.717, 1.165) is 22.1 Å². The van der Waals surface area contributed by atoms with Gasteiger partial charge in [-0.1, -0.05) is 36.4 Å². The maximum Gasteiger partial charge on any atom is 0.310 e. The fraction of sp³-hybridized carbons (Fsp3) is 0.222. The number of hydrogen-bond donors (Lipinski definition) is 1. The zero-order valence-corrected chi connectivity index (χ0v) is 18.7. The van der Waals surface area contributed by atoms with Crippen molar-refractivity contribution in [3.8, 4) is 16.9 Å². The molecule has 0 amide bonds. The topological polar surface area (TPSA) is 74.7 Å². The van der Waals surface area contributed by atoms with Crippen molar-refractivity contribution in [2.24, 2.45) is 5.73 Å². The van der Waals surface area contributed by atoms with Crippen molar-refractivity contribution in [3.63, 3.8) is 0 Å². The molecule has 0 aliphatic carbocycles. The van der Waals surface area contributed by atoms with Crippen LogP contribution in [0.25, 0.3) is 22.1 Å². The van der Waals surface area contributed by atoms with Gasteiger partial charge in [0.05, 0.1) is 19.3 Å². The first-order valence-corrected chi connectivity index (χ1v) is 10.9. The minimum absolute atomic E-state index is 0.111. The molecular formula is C27H26FNO4. The predicted molar refractivity (Wildman–Crippen MR) is 125 cm³/mol. The Balaban J connectivity index is 1.68. The minimum atomic E-state index is -0.354. The fourth-order valence-electron chi connectivity index (χ4n) is 3.87. The van der Waals surface area contributed by atoms with Crippen LogP contribution in [0, 0.1) is 12.7 Å². The lowest BCUT2D eigenvalue weighted by Gasteiger charge is -2.13. The van der Waals surface area contributed by atoms with Crippen LogP contribution in [-0.2, 0) is 29.1 Å². The lowest BCUT2D eigenvalue weighted by atomic mass is 9.97. The fourth-order valence-corrected chi connectivity index (χ4v) is 3.87. The molecule has 1 heterocycles. The summed E-state index contributed by atoms with van der Waals surface area (Å²) in [5, 5.41) is 0.892. The molecule has 170 valence electrons. The summed E-state index contributed by atoms with van der Waals surface area (Å²) in [6.45, 7) is 4.40. The molecule has 3 aromatic carbocycles. The molecule has 2 N–H and O–H groups in total. The van der Waals surface area contributed by atoms with Crippen LogP contribution in [0.3, 0.4) is 0 Å². The standard InChI is InChI=1S/C27H26FNO4/c1-3-31-25(30)13-19-7-4-5-10-24(19)32-16-18-11-22-17(2)15-33-27(22)23(12-18)21-9-6-8-20(14-29)26(21)28/h4-12,15H,3,13-14,16,29H2,1-2H3. The molecule has 0 unspecified atom stereocenters. The number of fused-ring (bicyclic) bond motifs is 1. The quantitative estimate of drug-likeness (QED) is 0.351. The number of hydrogen-bond acceptors (Lipinski definition) is 5. The Kier molecular flexibility index (Phi) is 6.75. The van der Waals surface area contributed by atoms with Crippen molar-refractivity contribution < 1.29 is 23.1 Å². The van der Waals surface area contributed by atoms with Crippen LogP contribution in [0.4, 0.5) is 4.39 Å². The second-order valence-electron chi connectivity index (χ2n) is 7.80. The minimum Gasteiger partial charge on any atom is -0.489 e. The number of carbonyl (C=O) groups is 1. The van der Waals surface area contributed by atoms with E-state index in [1.165, 1.54) is 0 Å². The van der Waals surface area contributed by atoms with Gasteiger partial charge in [0.25, 0.3) is 0 Å².